The van der Waals surface area contributed by atoms with Crippen molar-refractivity contribution >= 4 is 34.7 Å². The third-order valence-electron chi connectivity index (χ3n) is 6.24. The molecule has 2 saturated carbocycles. The van der Waals surface area contributed by atoms with Crippen LogP contribution < -0.4 is 5.32 Å². The Morgan fingerprint density at radius 1 is 1.22 bits per heavy atom. The number of carbonyl (C=O) groups is 1. The minimum atomic E-state index is -0.896. The predicted molar refractivity (Wildman–Crippen MR) is 121 cm³/mol. The van der Waals surface area contributed by atoms with Gasteiger partial charge in [0.15, 0.2) is 22.1 Å². The fourth-order valence-corrected chi connectivity index (χ4v) is 5.14. The standard InChI is InChI=1S/C22H26N6O3S/c1-2-8-32-22-24-19(23-15-11-14(15)12-6-4-3-5-7-12)18-20(25-22)28(27-26-18)16-9-13(21(30)31)10-17(16)29/h3-7,13-17,29H,2,8-11H2,1H3,(H,30,31)(H,23,24,25). The van der Waals surface area contributed by atoms with Gasteiger partial charge in [0.2, 0.25) is 0 Å². The van der Waals surface area contributed by atoms with Crippen LogP contribution >= 0.6 is 11.8 Å². The Hall–Kier alpha value is -2.72. The molecule has 3 N–H and O–H groups in total. The van der Waals surface area contributed by atoms with Crippen molar-refractivity contribution in [2.24, 2.45) is 5.92 Å². The molecule has 10 heteroatoms. The third-order valence-corrected chi connectivity index (χ3v) is 7.29. The maximum Gasteiger partial charge on any atom is 0.306 e. The van der Waals surface area contributed by atoms with E-state index < -0.39 is 24.0 Å². The maximum absolute atomic E-state index is 11.4. The van der Waals surface area contributed by atoms with Gasteiger partial charge in [-0.3, -0.25) is 4.79 Å². The number of fused-ring (bicyclic) bond motifs is 1. The molecule has 0 aliphatic heterocycles. The molecule has 5 unspecified atom stereocenters. The molecule has 2 heterocycles. The van der Waals surface area contributed by atoms with Gasteiger partial charge in [-0.15, -0.1) is 5.10 Å². The molecular weight excluding hydrogens is 428 g/mol. The summed E-state index contributed by atoms with van der Waals surface area (Å²) in [6, 6.07) is 10.2. The average Bonchev–Trinajstić information content (AvgIpc) is 3.25. The zero-order valence-corrected chi connectivity index (χ0v) is 18.6. The molecule has 2 aliphatic carbocycles. The highest BCUT2D eigenvalue weighted by Crippen LogP contribution is 2.43. The summed E-state index contributed by atoms with van der Waals surface area (Å²) in [5.74, 6) is 0.463. The van der Waals surface area contributed by atoms with Gasteiger partial charge in [0, 0.05) is 17.7 Å². The van der Waals surface area contributed by atoms with E-state index in [0.717, 1.165) is 18.6 Å². The molecule has 168 valence electrons. The number of nitrogens with one attached hydrogen (secondary N) is 1. The monoisotopic (exact) mass is 454 g/mol. The van der Waals surface area contributed by atoms with E-state index in [0.29, 0.717) is 34.5 Å². The summed E-state index contributed by atoms with van der Waals surface area (Å²) in [5.41, 5.74) is 2.39. The number of carboxylic acids is 1. The molecule has 3 aromatic rings. The van der Waals surface area contributed by atoms with E-state index in [4.69, 9.17) is 4.98 Å². The molecule has 0 bridgehead atoms. The van der Waals surface area contributed by atoms with Gasteiger partial charge in [0.25, 0.3) is 0 Å². The normalized spacial score (nSPS) is 27.0. The molecule has 0 saturated heterocycles. The van der Waals surface area contributed by atoms with E-state index in [1.807, 2.05) is 6.07 Å². The lowest BCUT2D eigenvalue weighted by molar-refractivity contribution is -0.141. The first-order valence-electron chi connectivity index (χ1n) is 11.0. The molecule has 2 aliphatic rings. The van der Waals surface area contributed by atoms with Crippen LogP contribution in [0, 0.1) is 5.92 Å². The van der Waals surface area contributed by atoms with Crippen molar-refractivity contribution in [1.82, 2.24) is 25.0 Å². The average molecular weight is 455 g/mol. The quantitative estimate of drug-likeness (QED) is 0.348. The molecule has 0 spiro atoms. The number of thioether (sulfide) groups is 1. The first-order chi connectivity index (χ1) is 15.5. The smallest absolute Gasteiger partial charge is 0.306 e. The Morgan fingerprint density at radius 3 is 2.75 bits per heavy atom. The molecular formula is C22H26N6O3S. The van der Waals surface area contributed by atoms with Gasteiger partial charge in [0.1, 0.15) is 0 Å². The largest absolute Gasteiger partial charge is 0.481 e. The number of benzene rings is 1. The highest BCUT2D eigenvalue weighted by atomic mass is 32.2. The highest BCUT2D eigenvalue weighted by Gasteiger charge is 2.41. The molecule has 9 nitrogen and oxygen atoms in total. The van der Waals surface area contributed by atoms with Crippen molar-refractivity contribution in [1.29, 1.82) is 0 Å². The van der Waals surface area contributed by atoms with Crippen LogP contribution in [0.15, 0.2) is 35.5 Å². The third kappa shape index (κ3) is 4.04. The van der Waals surface area contributed by atoms with Gasteiger partial charge in [-0.25, -0.2) is 14.6 Å². The SMILES string of the molecule is CCCSc1nc(NC2CC2c2ccccc2)c2nnn(C3CC(C(=O)O)CC3O)c2n1. The zero-order chi connectivity index (χ0) is 22.2. The first-order valence-corrected chi connectivity index (χ1v) is 12.0. The minimum absolute atomic E-state index is 0.204. The van der Waals surface area contributed by atoms with Crippen LogP contribution in [0.4, 0.5) is 5.82 Å². The Kier molecular flexibility index (Phi) is 5.73. The number of anilines is 1. The summed E-state index contributed by atoms with van der Waals surface area (Å²) in [6.45, 7) is 2.10. The second-order valence-corrected chi connectivity index (χ2v) is 9.62. The molecule has 2 aromatic heterocycles. The summed E-state index contributed by atoms with van der Waals surface area (Å²) in [5, 5.41) is 32.6. The summed E-state index contributed by atoms with van der Waals surface area (Å²) in [6.07, 6.45) is 1.72. The second-order valence-electron chi connectivity index (χ2n) is 8.55. The van der Waals surface area contributed by atoms with Crippen LogP contribution in [0.5, 0.6) is 0 Å². The predicted octanol–water partition coefficient (Wildman–Crippen LogP) is 3.09. The minimum Gasteiger partial charge on any atom is -0.481 e. The van der Waals surface area contributed by atoms with Crippen molar-refractivity contribution in [3.8, 4) is 0 Å². The number of carboxylic acid groups (broad SMARTS) is 1. The number of hydrogen-bond acceptors (Lipinski definition) is 8. The van der Waals surface area contributed by atoms with E-state index in [-0.39, 0.29) is 12.5 Å². The van der Waals surface area contributed by atoms with Crippen LogP contribution in [0.1, 0.15) is 50.1 Å². The van der Waals surface area contributed by atoms with Gasteiger partial charge >= 0.3 is 5.97 Å². The fourth-order valence-electron chi connectivity index (χ4n) is 4.45. The van der Waals surface area contributed by atoms with Gasteiger partial charge in [-0.2, -0.15) is 0 Å². The van der Waals surface area contributed by atoms with Crippen molar-refractivity contribution < 1.29 is 15.0 Å². The lowest BCUT2D eigenvalue weighted by Crippen LogP contribution is -2.20. The number of nitrogens with zero attached hydrogens (tertiary/aromatic N) is 5. The Balaban J connectivity index is 1.46. The number of aliphatic hydroxyl groups excluding tert-OH is 1. The van der Waals surface area contributed by atoms with E-state index in [1.165, 1.54) is 5.56 Å². The molecule has 0 radical (unpaired) electrons. The van der Waals surface area contributed by atoms with Crippen molar-refractivity contribution in [2.45, 2.75) is 61.9 Å². The number of hydrogen-bond donors (Lipinski definition) is 3. The summed E-state index contributed by atoms with van der Waals surface area (Å²) in [7, 11) is 0. The van der Waals surface area contributed by atoms with E-state index in [9.17, 15) is 15.0 Å². The Bertz CT molecular complexity index is 1120. The molecule has 5 atom stereocenters. The van der Waals surface area contributed by atoms with E-state index >= 15 is 0 Å². The first kappa shape index (κ1) is 21.1. The van der Waals surface area contributed by atoms with Crippen LogP contribution in [0.25, 0.3) is 11.2 Å². The molecule has 0 amide bonds. The number of aromatic nitrogens is 5. The zero-order valence-electron chi connectivity index (χ0n) is 17.8. The maximum atomic E-state index is 11.4. The van der Waals surface area contributed by atoms with Crippen LogP contribution in [0.3, 0.4) is 0 Å². The lowest BCUT2D eigenvalue weighted by atomic mass is 10.1. The lowest BCUT2D eigenvalue weighted by Gasteiger charge is -2.15. The Labute approximate surface area is 189 Å². The van der Waals surface area contributed by atoms with Crippen molar-refractivity contribution in [2.75, 3.05) is 11.1 Å². The van der Waals surface area contributed by atoms with Crippen LogP contribution in [0.2, 0.25) is 0 Å². The fraction of sp³-hybridized carbons (Fsp3) is 0.500. The topological polar surface area (TPSA) is 126 Å². The molecule has 5 rings (SSSR count). The number of aliphatic hydroxyl groups is 1. The van der Waals surface area contributed by atoms with Crippen LogP contribution in [-0.2, 0) is 4.79 Å². The van der Waals surface area contributed by atoms with Crippen molar-refractivity contribution in [3.05, 3.63) is 35.9 Å². The van der Waals surface area contributed by atoms with Crippen LogP contribution in [-0.4, -0.2) is 59.0 Å². The number of aliphatic carboxylic acids is 1. The summed E-state index contributed by atoms with van der Waals surface area (Å²) < 4.78 is 1.59. The van der Waals surface area contributed by atoms with Gasteiger partial charge < -0.3 is 15.5 Å². The summed E-state index contributed by atoms with van der Waals surface area (Å²) >= 11 is 1.57. The highest BCUT2D eigenvalue weighted by molar-refractivity contribution is 7.99. The van der Waals surface area contributed by atoms with Gasteiger partial charge in [0.05, 0.1) is 18.1 Å². The van der Waals surface area contributed by atoms with Gasteiger partial charge in [-0.1, -0.05) is 54.2 Å². The number of rotatable bonds is 8. The molecule has 32 heavy (non-hydrogen) atoms. The molecule has 1 aromatic carbocycles. The van der Waals surface area contributed by atoms with Gasteiger partial charge in [-0.05, 0) is 31.2 Å². The second kappa shape index (κ2) is 8.67. The molecule has 2 fully saturated rings. The summed E-state index contributed by atoms with van der Waals surface area (Å²) in [4.78, 5) is 20.8. The van der Waals surface area contributed by atoms with E-state index in [1.54, 1.807) is 16.4 Å². The Morgan fingerprint density at radius 2 is 2.03 bits per heavy atom. The van der Waals surface area contributed by atoms with Crippen molar-refractivity contribution in [3.63, 3.8) is 0 Å². The van der Waals surface area contributed by atoms with E-state index in [2.05, 4.69) is 51.8 Å².